The molecule has 2 N–H and O–H groups in total. The van der Waals surface area contributed by atoms with Gasteiger partial charge in [0.15, 0.2) is 16.6 Å². The van der Waals surface area contributed by atoms with E-state index in [1.54, 1.807) is 7.11 Å². The van der Waals surface area contributed by atoms with Crippen LogP contribution < -0.4 is 20.1 Å². The summed E-state index contributed by atoms with van der Waals surface area (Å²) in [5, 5.41) is 6.88. The predicted octanol–water partition coefficient (Wildman–Crippen LogP) is 3.68. The molecule has 0 saturated heterocycles. The maximum Gasteiger partial charge on any atom is 0.170 e. The average molecular weight is 330 g/mol. The van der Waals surface area contributed by atoms with Gasteiger partial charge in [0.25, 0.3) is 0 Å². The Bertz CT molecular complexity index is 674. The maximum absolute atomic E-state index is 5.69. The van der Waals surface area contributed by atoms with Crippen molar-refractivity contribution in [1.82, 2.24) is 5.32 Å². The average Bonchev–Trinajstić information content (AvgIpc) is 2.55. The molecule has 0 aliphatic carbocycles. The molecule has 0 bridgehead atoms. The quantitative estimate of drug-likeness (QED) is 0.625. The van der Waals surface area contributed by atoms with Crippen LogP contribution in [0.15, 0.2) is 42.5 Å². The van der Waals surface area contributed by atoms with Crippen molar-refractivity contribution in [3.63, 3.8) is 0 Å². The van der Waals surface area contributed by atoms with E-state index in [9.17, 15) is 0 Å². The van der Waals surface area contributed by atoms with E-state index in [0.29, 0.717) is 18.3 Å². The van der Waals surface area contributed by atoms with E-state index in [2.05, 4.69) is 36.6 Å². The summed E-state index contributed by atoms with van der Waals surface area (Å²) in [7, 11) is 1.63. The van der Waals surface area contributed by atoms with Gasteiger partial charge in [-0.05, 0) is 61.5 Å². The summed E-state index contributed by atoms with van der Waals surface area (Å²) >= 11 is 5.29. The largest absolute Gasteiger partial charge is 0.493 e. The molecule has 5 heteroatoms. The minimum atomic E-state index is 0.495. The molecule has 4 nitrogen and oxygen atoms in total. The number of ether oxygens (including phenoxy) is 2. The zero-order valence-corrected chi connectivity index (χ0v) is 14.5. The van der Waals surface area contributed by atoms with Gasteiger partial charge in [0, 0.05) is 5.69 Å². The van der Waals surface area contributed by atoms with Crippen LogP contribution in [0, 0.1) is 13.8 Å². The van der Waals surface area contributed by atoms with Gasteiger partial charge in [0.05, 0.1) is 13.7 Å². The number of hydrogen-bond acceptors (Lipinski definition) is 3. The highest BCUT2D eigenvalue weighted by Crippen LogP contribution is 2.25. The molecule has 0 amide bonds. The second-order valence-electron chi connectivity index (χ2n) is 5.18. The number of nitrogens with one attached hydrogen (secondary N) is 2. The van der Waals surface area contributed by atoms with Crippen LogP contribution >= 0.6 is 12.2 Å². The van der Waals surface area contributed by atoms with Crippen molar-refractivity contribution in [1.29, 1.82) is 0 Å². The van der Waals surface area contributed by atoms with Crippen LogP contribution in [0.4, 0.5) is 5.69 Å². The third-order valence-electron chi connectivity index (χ3n) is 3.48. The number of hydrogen-bond donors (Lipinski definition) is 2. The Kier molecular flexibility index (Phi) is 6.23. The molecule has 0 radical (unpaired) electrons. The third kappa shape index (κ3) is 5.14. The van der Waals surface area contributed by atoms with Crippen molar-refractivity contribution in [3.8, 4) is 11.5 Å². The number of methoxy groups -OCH3 is 1. The Balaban J connectivity index is 1.75. The standard InChI is InChI=1S/C18H22N2O2S/c1-13-8-9-15(12-14(13)2)20-18(23)19-10-11-22-17-7-5-4-6-16(17)21-3/h4-9,12H,10-11H2,1-3H3,(H2,19,20,23). The van der Waals surface area contributed by atoms with Crippen LogP contribution in [0.2, 0.25) is 0 Å². The molecule has 122 valence electrons. The lowest BCUT2D eigenvalue weighted by atomic mass is 10.1. The van der Waals surface area contributed by atoms with Crippen LogP contribution in [0.5, 0.6) is 11.5 Å². The Labute approximate surface area is 142 Å². The van der Waals surface area contributed by atoms with E-state index in [-0.39, 0.29) is 0 Å². The zero-order valence-electron chi connectivity index (χ0n) is 13.7. The molecule has 0 spiro atoms. The highest BCUT2D eigenvalue weighted by Gasteiger charge is 2.03. The number of benzene rings is 2. The van der Waals surface area contributed by atoms with E-state index in [1.807, 2.05) is 30.3 Å². The number of para-hydroxylation sites is 2. The van der Waals surface area contributed by atoms with E-state index >= 15 is 0 Å². The highest BCUT2D eigenvalue weighted by molar-refractivity contribution is 7.80. The Morgan fingerprint density at radius 2 is 1.78 bits per heavy atom. The molecule has 0 fully saturated rings. The number of rotatable bonds is 6. The summed E-state index contributed by atoms with van der Waals surface area (Å²) in [6.45, 7) is 5.27. The second kappa shape index (κ2) is 8.39. The molecule has 0 unspecified atom stereocenters. The summed E-state index contributed by atoms with van der Waals surface area (Å²) in [6.07, 6.45) is 0. The Hall–Kier alpha value is -2.27. The summed E-state index contributed by atoms with van der Waals surface area (Å²) in [4.78, 5) is 0. The van der Waals surface area contributed by atoms with Gasteiger partial charge in [0.1, 0.15) is 6.61 Å². The first-order valence-corrected chi connectivity index (χ1v) is 7.89. The normalized spacial score (nSPS) is 10.0. The van der Waals surface area contributed by atoms with Crippen LogP contribution in [0.25, 0.3) is 0 Å². The van der Waals surface area contributed by atoms with Gasteiger partial charge < -0.3 is 20.1 Å². The van der Waals surface area contributed by atoms with Gasteiger partial charge >= 0.3 is 0 Å². The smallest absolute Gasteiger partial charge is 0.170 e. The first-order chi connectivity index (χ1) is 11.1. The number of aryl methyl sites for hydroxylation is 2. The molecule has 2 aromatic rings. The lowest BCUT2D eigenvalue weighted by Crippen LogP contribution is -2.32. The molecule has 0 aliphatic rings. The molecule has 0 saturated carbocycles. The number of thiocarbonyl (C=S) groups is 1. The minimum Gasteiger partial charge on any atom is -0.493 e. The van der Waals surface area contributed by atoms with E-state index in [4.69, 9.17) is 21.7 Å². The molecular weight excluding hydrogens is 308 g/mol. The lowest BCUT2D eigenvalue weighted by Gasteiger charge is -2.13. The summed E-state index contributed by atoms with van der Waals surface area (Å²) in [5.41, 5.74) is 3.48. The molecule has 0 aromatic heterocycles. The summed E-state index contributed by atoms with van der Waals surface area (Å²) < 4.78 is 10.9. The third-order valence-corrected chi connectivity index (χ3v) is 3.73. The molecular formula is C18H22N2O2S. The molecule has 0 heterocycles. The van der Waals surface area contributed by atoms with Crippen molar-refractivity contribution in [3.05, 3.63) is 53.6 Å². The van der Waals surface area contributed by atoms with Gasteiger partial charge in [-0.25, -0.2) is 0 Å². The van der Waals surface area contributed by atoms with Crippen molar-refractivity contribution in [2.24, 2.45) is 0 Å². The fourth-order valence-electron chi connectivity index (χ4n) is 2.06. The van der Waals surface area contributed by atoms with E-state index in [0.717, 1.165) is 17.2 Å². The molecule has 0 atom stereocenters. The minimum absolute atomic E-state index is 0.495. The fraction of sp³-hybridized carbons (Fsp3) is 0.278. The second-order valence-corrected chi connectivity index (χ2v) is 5.59. The van der Waals surface area contributed by atoms with Gasteiger partial charge in [-0.15, -0.1) is 0 Å². The maximum atomic E-state index is 5.69. The van der Waals surface area contributed by atoms with Crippen LogP contribution in [-0.4, -0.2) is 25.4 Å². The first kappa shape index (κ1) is 17.1. The zero-order chi connectivity index (χ0) is 16.7. The van der Waals surface area contributed by atoms with Crippen molar-refractivity contribution >= 4 is 23.0 Å². The lowest BCUT2D eigenvalue weighted by molar-refractivity contribution is 0.298. The fourth-order valence-corrected chi connectivity index (χ4v) is 2.28. The Morgan fingerprint density at radius 3 is 2.48 bits per heavy atom. The van der Waals surface area contributed by atoms with Crippen molar-refractivity contribution in [2.75, 3.05) is 25.6 Å². The van der Waals surface area contributed by atoms with E-state index in [1.165, 1.54) is 11.1 Å². The highest BCUT2D eigenvalue weighted by atomic mass is 32.1. The topological polar surface area (TPSA) is 42.5 Å². The molecule has 2 rings (SSSR count). The summed E-state index contributed by atoms with van der Waals surface area (Å²) in [5.74, 6) is 1.45. The predicted molar refractivity (Wildman–Crippen MR) is 98.6 cm³/mol. The van der Waals surface area contributed by atoms with Crippen LogP contribution in [0.3, 0.4) is 0 Å². The monoisotopic (exact) mass is 330 g/mol. The van der Waals surface area contributed by atoms with Crippen molar-refractivity contribution < 1.29 is 9.47 Å². The van der Waals surface area contributed by atoms with Gasteiger partial charge in [-0.3, -0.25) is 0 Å². The van der Waals surface area contributed by atoms with Crippen LogP contribution in [-0.2, 0) is 0 Å². The first-order valence-electron chi connectivity index (χ1n) is 7.48. The Morgan fingerprint density at radius 1 is 1.04 bits per heavy atom. The van der Waals surface area contributed by atoms with Gasteiger partial charge in [0.2, 0.25) is 0 Å². The molecule has 23 heavy (non-hydrogen) atoms. The molecule has 0 aliphatic heterocycles. The molecule has 2 aromatic carbocycles. The van der Waals surface area contributed by atoms with Crippen LogP contribution in [0.1, 0.15) is 11.1 Å². The summed E-state index contributed by atoms with van der Waals surface area (Å²) in [6, 6.07) is 13.7. The van der Waals surface area contributed by atoms with E-state index < -0.39 is 0 Å². The SMILES string of the molecule is COc1ccccc1OCCNC(=S)Nc1ccc(C)c(C)c1. The van der Waals surface area contributed by atoms with Crippen molar-refractivity contribution in [2.45, 2.75) is 13.8 Å². The number of anilines is 1. The van der Waals surface area contributed by atoms with Gasteiger partial charge in [-0.2, -0.15) is 0 Å². The van der Waals surface area contributed by atoms with Gasteiger partial charge in [-0.1, -0.05) is 18.2 Å².